The molecule has 1 aromatic carbocycles. The Hall–Kier alpha value is -2.56. The van der Waals surface area contributed by atoms with E-state index >= 15 is 0 Å². The Morgan fingerprint density at radius 3 is 2.69 bits per heavy atom. The number of aliphatic imine (C=N–C) groups is 1. The highest BCUT2D eigenvalue weighted by atomic mass is 16.5. The number of hydrogen-bond donors (Lipinski definition) is 2. The van der Waals surface area contributed by atoms with Gasteiger partial charge in [-0.1, -0.05) is 24.3 Å². The Kier molecular flexibility index (Phi) is 6.88. The van der Waals surface area contributed by atoms with Crippen molar-refractivity contribution in [2.75, 3.05) is 13.6 Å². The normalized spacial score (nSPS) is 15.0. The third-order valence-electron chi connectivity index (χ3n) is 4.64. The maximum atomic E-state index is 6.20. The Balaban J connectivity index is 1.49. The summed E-state index contributed by atoms with van der Waals surface area (Å²) in [6, 6.07) is 14.2. The monoisotopic (exact) mass is 352 g/mol. The molecule has 1 fully saturated rings. The molecule has 0 saturated heterocycles. The van der Waals surface area contributed by atoms with Crippen molar-refractivity contribution in [1.82, 2.24) is 15.6 Å². The van der Waals surface area contributed by atoms with Crippen molar-refractivity contribution in [3.8, 4) is 5.75 Å². The van der Waals surface area contributed by atoms with Gasteiger partial charge in [0.05, 0.1) is 6.10 Å². The summed E-state index contributed by atoms with van der Waals surface area (Å²) < 4.78 is 6.20. The minimum Gasteiger partial charge on any atom is -0.490 e. The smallest absolute Gasteiger partial charge is 0.191 e. The van der Waals surface area contributed by atoms with Crippen molar-refractivity contribution < 1.29 is 4.74 Å². The van der Waals surface area contributed by atoms with E-state index in [0.717, 1.165) is 35.9 Å². The van der Waals surface area contributed by atoms with E-state index < -0.39 is 0 Å². The fraction of sp³-hybridized carbons (Fsp3) is 0.429. The van der Waals surface area contributed by atoms with Crippen LogP contribution in [0.1, 0.15) is 36.9 Å². The van der Waals surface area contributed by atoms with Gasteiger partial charge < -0.3 is 15.4 Å². The van der Waals surface area contributed by atoms with Crippen LogP contribution in [0.25, 0.3) is 0 Å². The first-order chi connectivity index (χ1) is 12.8. The number of nitrogens with zero attached hydrogens (tertiary/aromatic N) is 2. The van der Waals surface area contributed by atoms with Crippen LogP contribution in [0.5, 0.6) is 5.75 Å². The summed E-state index contributed by atoms with van der Waals surface area (Å²) in [5, 5.41) is 6.71. The molecule has 1 heterocycles. The zero-order chi connectivity index (χ0) is 18.0. The first-order valence-corrected chi connectivity index (χ1v) is 9.44. The average Bonchev–Trinajstić information content (AvgIpc) is 3.19. The molecule has 1 aliphatic carbocycles. The van der Waals surface area contributed by atoms with Gasteiger partial charge in [0, 0.05) is 44.0 Å². The van der Waals surface area contributed by atoms with E-state index in [1.807, 2.05) is 30.5 Å². The average molecular weight is 352 g/mol. The maximum Gasteiger partial charge on any atom is 0.191 e. The standard InChI is InChI=1S/C21H28N4O/c1-22-21(24-15-13-18-9-6-7-14-23-18)25-16-17-8-2-5-12-20(17)26-19-10-3-4-11-19/h2,5-9,12,14,19H,3-4,10-11,13,15-16H2,1H3,(H2,22,24,25). The number of hydrogen-bond acceptors (Lipinski definition) is 3. The van der Waals surface area contributed by atoms with Gasteiger partial charge in [-0.25, -0.2) is 0 Å². The van der Waals surface area contributed by atoms with Gasteiger partial charge in [0.25, 0.3) is 0 Å². The molecular weight excluding hydrogens is 324 g/mol. The summed E-state index contributed by atoms with van der Waals surface area (Å²) in [6.07, 6.45) is 7.94. The highest BCUT2D eigenvalue weighted by Gasteiger charge is 2.17. The van der Waals surface area contributed by atoms with Crippen LogP contribution in [0.4, 0.5) is 0 Å². The van der Waals surface area contributed by atoms with Crippen LogP contribution in [-0.2, 0) is 13.0 Å². The Morgan fingerprint density at radius 2 is 1.92 bits per heavy atom. The summed E-state index contributed by atoms with van der Waals surface area (Å²) in [5.41, 5.74) is 2.23. The lowest BCUT2D eigenvalue weighted by molar-refractivity contribution is 0.208. The molecule has 3 rings (SSSR count). The molecule has 0 bridgehead atoms. The number of aromatic nitrogens is 1. The van der Waals surface area contributed by atoms with E-state index in [4.69, 9.17) is 4.74 Å². The van der Waals surface area contributed by atoms with Gasteiger partial charge in [-0.05, 0) is 43.9 Å². The van der Waals surface area contributed by atoms with E-state index in [1.54, 1.807) is 7.05 Å². The molecule has 0 aliphatic heterocycles. The lowest BCUT2D eigenvalue weighted by Crippen LogP contribution is -2.38. The van der Waals surface area contributed by atoms with Gasteiger partial charge in [0.2, 0.25) is 0 Å². The van der Waals surface area contributed by atoms with Gasteiger partial charge in [0.15, 0.2) is 5.96 Å². The molecule has 0 radical (unpaired) electrons. The lowest BCUT2D eigenvalue weighted by Gasteiger charge is -2.18. The van der Waals surface area contributed by atoms with E-state index in [2.05, 4.69) is 38.8 Å². The lowest BCUT2D eigenvalue weighted by atomic mass is 10.2. The van der Waals surface area contributed by atoms with Crippen molar-refractivity contribution in [3.05, 3.63) is 59.9 Å². The number of nitrogens with one attached hydrogen (secondary N) is 2. The van der Waals surface area contributed by atoms with E-state index in [-0.39, 0.29) is 0 Å². The zero-order valence-corrected chi connectivity index (χ0v) is 15.4. The molecule has 2 aromatic rings. The maximum absolute atomic E-state index is 6.20. The Morgan fingerprint density at radius 1 is 1.12 bits per heavy atom. The van der Waals surface area contributed by atoms with Crippen LogP contribution < -0.4 is 15.4 Å². The highest BCUT2D eigenvalue weighted by Crippen LogP contribution is 2.26. The molecule has 0 unspecified atom stereocenters. The number of para-hydroxylation sites is 1. The Labute approximate surface area is 155 Å². The second-order valence-electron chi connectivity index (χ2n) is 6.56. The van der Waals surface area contributed by atoms with Crippen molar-refractivity contribution in [2.45, 2.75) is 44.8 Å². The Bertz CT molecular complexity index is 696. The first-order valence-electron chi connectivity index (χ1n) is 9.44. The number of guanidine groups is 1. The second-order valence-corrected chi connectivity index (χ2v) is 6.56. The van der Waals surface area contributed by atoms with Gasteiger partial charge in [-0.15, -0.1) is 0 Å². The molecule has 1 saturated carbocycles. The largest absolute Gasteiger partial charge is 0.490 e. The van der Waals surface area contributed by atoms with E-state index in [0.29, 0.717) is 12.6 Å². The molecule has 5 nitrogen and oxygen atoms in total. The molecule has 0 amide bonds. The fourth-order valence-corrected chi connectivity index (χ4v) is 3.21. The SMILES string of the molecule is CN=C(NCCc1ccccn1)NCc1ccccc1OC1CCCC1. The number of ether oxygens (including phenoxy) is 1. The molecular formula is C21H28N4O. The summed E-state index contributed by atoms with van der Waals surface area (Å²) in [4.78, 5) is 8.64. The van der Waals surface area contributed by atoms with Crippen molar-refractivity contribution in [1.29, 1.82) is 0 Å². The summed E-state index contributed by atoms with van der Waals surface area (Å²) >= 11 is 0. The molecule has 1 aromatic heterocycles. The quantitative estimate of drug-likeness (QED) is 0.593. The van der Waals surface area contributed by atoms with Crippen molar-refractivity contribution in [2.24, 2.45) is 4.99 Å². The van der Waals surface area contributed by atoms with E-state index in [9.17, 15) is 0 Å². The second kappa shape index (κ2) is 9.80. The molecule has 0 spiro atoms. The van der Waals surface area contributed by atoms with Gasteiger partial charge >= 0.3 is 0 Å². The highest BCUT2D eigenvalue weighted by molar-refractivity contribution is 5.79. The van der Waals surface area contributed by atoms with Crippen LogP contribution in [0, 0.1) is 0 Å². The van der Waals surface area contributed by atoms with Crippen LogP contribution in [0.15, 0.2) is 53.7 Å². The van der Waals surface area contributed by atoms with Crippen LogP contribution >= 0.6 is 0 Å². The molecule has 1 aliphatic rings. The molecule has 2 N–H and O–H groups in total. The summed E-state index contributed by atoms with van der Waals surface area (Å²) in [5.74, 6) is 1.77. The third kappa shape index (κ3) is 5.48. The van der Waals surface area contributed by atoms with Gasteiger partial charge in [0.1, 0.15) is 5.75 Å². The summed E-state index contributed by atoms with van der Waals surface area (Å²) in [6.45, 7) is 1.48. The fourth-order valence-electron chi connectivity index (χ4n) is 3.21. The number of rotatable bonds is 7. The molecule has 26 heavy (non-hydrogen) atoms. The van der Waals surface area contributed by atoms with Crippen LogP contribution in [0.2, 0.25) is 0 Å². The van der Waals surface area contributed by atoms with E-state index in [1.165, 1.54) is 25.7 Å². The molecule has 138 valence electrons. The minimum absolute atomic E-state index is 0.368. The van der Waals surface area contributed by atoms with Crippen molar-refractivity contribution >= 4 is 5.96 Å². The predicted molar refractivity (Wildman–Crippen MR) is 105 cm³/mol. The first kappa shape index (κ1) is 18.2. The van der Waals surface area contributed by atoms with Gasteiger partial charge in [-0.3, -0.25) is 9.98 Å². The predicted octanol–water partition coefficient (Wildman–Crippen LogP) is 3.31. The number of benzene rings is 1. The molecule has 5 heteroatoms. The minimum atomic E-state index is 0.368. The summed E-state index contributed by atoms with van der Waals surface area (Å²) in [7, 11) is 1.79. The zero-order valence-electron chi connectivity index (χ0n) is 15.4. The van der Waals surface area contributed by atoms with Crippen LogP contribution in [-0.4, -0.2) is 30.6 Å². The number of pyridine rings is 1. The molecule has 0 atom stereocenters. The van der Waals surface area contributed by atoms with Crippen LogP contribution in [0.3, 0.4) is 0 Å². The third-order valence-corrected chi connectivity index (χ3v) is 4.64. The topological polar surface area (TPSA) is 58.5 Å². The van der Waals surface area contributed by atoms with Crippen molar-refractivity contribution in [3.63, 3.8) is 0 Å². The van der Waals surface area contributed by atoms with Gasteiger partial charge in [-0.2, -0.15) is 0 Å².